The fourth-order valence-corrected chi connectivity index (χ4v) is 4.03. The van der Waals surface area contributed by atoms with Crippen molar-refractivity contribution in [3.8, 4) is 0 Å². The lowest BCUT2D eigenvalue weighted by molar-refractivity contribution is 0.126. The second kappa shape index (κ2) is 7.15. The summed E-state index contributed by atoms with van der Waals surface area (Å²) < 4.78 is 0. The number of nitrogens with one attached hydrogen (secondary N) is 1. The monoisotopic (exact) mass is 332 g/mol. The minimum Gasteiger partial charge on any atom is -0.314 e. The van der Waals surface area contributed by atoms with Gasteiger partial charge in [0, 0.05) is 26.2 Å². The van der Waals surface area contributed by atoms with Crippen molar-refractivity contribution in [2.75, 3.05) is 26.2 Å². The van der Waals surface area contributed by atoms with Crippen molar-refractivity contribution in [2.24, 2.45) is 0 Å². The van der Waals surface area contributed by atoms with E-state index in [2.05, 4.69) is 83.9 Å². The fraction of sp³-hybridized carbons (Fsp3) is 0.391. The van der Waals surface area contributed by atoms with Crippen LogP contribution in [0, 0.1) is 0 Å². The Kier molecular flexibility index (Phi) is 4.74. The molecule has 1 N–H and O–H groups in total. The Morgan fingerprint density at radius 1 is 0.960 bits per heavy atom. The summed E-state index contributed by atoms with van der Waals surface area (Å²) >= 11 is 0. The van der Waals surface area contributed by atoms with Crippen molar-refractivity contribution in [2.45, 2.75) is 31.2 Å². The molecular weight excluding hydrogens is 304 g/mol. The standard InChI is InChI=1S/C23H28N2/c1-23(25-17-15-24-16-18-25,14-13-19-7-3-2-4-8-19)22-10-6-5-9-21(22)20-11-12-20/h2-10,13-14,20,24H,11-12,15-18H2,1H3. The summed E-state index contributed by atoms with van der Waals surface area (Å²) in [6, 6.07) is 19.8. The van der Waals surface area contributed by atoms with Gasteiger partial charge in [-0.3, -0.25) is 4.90 Å². The highest BCUT2D eigenvalue weighted by molar-refractivity contribution is 5.53. The van der Waals surface area contributed by atoms with Gasteiger partial charge in [0.05, 0.1) is 5.54 Å². The predicted octanol–water partition coefficient (Wildman–Crippen LogP) is 4.40. The van der Waals surface area contributed by atoms with Gasteiger partial charge >= 0.3 is 0 Å². The van der Waals surface area contributed by atoms with Gasteiger partial charge in [0.25, 0.3) is 0 Å². The van der Waals surface area contributed by atoms with Crippen LogP contribution >= 0.6 is 0 Å². The zero-order chi connectivity index (χ0) is 17.1. The Labute approximate surface area is 151 Å². The molecule has 4 rings (SSSR count). The molecule has 1 saturated carbocycles. The summed E-state index contributed by atoms with van der Waals surface area (Å²) in [5.41, 5.74) is 4.26. The van der Waals surface area contributed by atoms with Crippen LogP contribution in [-0.4, -0.2) is 31.1 Å². The Morgan fingerprint density at radius 2 is 1.64 bits per heavy atom. The van der Waals surface area contributed by atoms with E-state index >= 15 is 0 Å². The number of hydrogen-bond donors (Lipinski definition) is 1. The third-order valence-electron chi connectivity index (χ3n) is 5.70. The number of benzene rings is 2. The van der Waals surface area contributed by atoms with Crippen molar-refractivity contribution in [3.63, 3.8) is 0 Å². The maximum Gasteiger partial charge on any atom is 0.0623 e. The number of nitrogens with zero attached hydrogens (tertiary/aromatic N) is 1. The zero-order valence-corrected chi connectivity index (χ0v) is 15.1. The third-order valence-corrected chi connectivity index (χ3v) is 5.70. The van der Waals surface area contributed by atoms with Gasteiger partial charge < -0.3 is 5.32 Å². The van der Waals surface area contributed by atoms with E-state index in [-0.39, 0.29) is 5.54 Å². The second-order valence-corrected chi connectivity index (χ2v) is 7.49. The molecule has 0 radical (unpaired) electrons. The highest BCUT2D eigenvalue weighted by atomic mass is 15.2. The quantitative estimate of drug-likeness (QED) is 0.873. The predicted molar refractivity (Wildman–Crippen MR) is 106 cm³/mol. The van der Waals surface area contributed by atoms with Crippen LogP contribution in [0.1, 0.15) is 42.4 Å². The summed E-state index contributed by atoms with van der Waals surface area (Å²) in [6.07, 6.45) is 7.41. The van der Waals surface area contributed by atoms with Gasteiger partial charge in [0.2, 0.25) is 0 Å². The van der Waals surface area contributed by atoms with E-state index in [1.807, 2.05) is 0 Å². The minimum absolute atomic E-state index is 0.0584. The Hall–Kier alpha value is -1.90. The summed E-state index contributed by atoms with van der Waals surface area (Å²) in [6.45, 7) is 6.73. The second-order valence-electron chi connectivity index (χ2n) is 7.49. The van der Waals surface area contributed by atoms with E-state index < -0.39 is 0 Å². The minimum atomic E-state index is -0.0584. The first-order valence-corrected chi connectivity index (χ1v) is 9.57. The SMILES string of the molecule is CC(C=Cc1ccccc1)(c1ccccc1C1CC1)N1CCNCC1. The fourth-order valence-electron chi connectivity index (χ4n) is 4.03. The summed E-state index contributed by atoms with van der Waals surface area (Å²) in [4.78, 5) is 2.64. The highest BCUT2D eigenvalue weighted by Gasteiger charge is 2.37. The van der Waals surface area contributed by atoms with Crippen LogP contribution in [0.5, 0.6) is 0 Å². The molecule has 1 aliphatic carbocycles. The molecule has 1 saturated heterocycles. The molecule has 2 nitrogen and oxygen atoms in total. The lowest BCUT2D eigenvalue weighted by atomic mass is 9.83. The van der Waals surface area contributed by atoms with E-state index in [9.17, 15) is 0 Å². The van der Waals surface area contributed by atoms with Crippen molar-refractivity contribution >= 4 is 6.08 Å². The molecule has 1 atom stereocenters. The Morgan fingerprint density at radius 3 is 2.36 bits per heavy atom. The normalized spacial score (nSPS) is 21.3. The van der Waals surface area contributed by atoms with E-state index in [0.717, 1.165) is 32.1 Å². The van der Waals surface area contributed by atoms with Crippen molar-refractivity contribution in [1.82, 2.24) is 10.2 Å². The molecule has 0 aromatic heterocycles. The van der Waals surface area contributed by atoms with E-state index in [1.54, 1.807) is 5.56 Å². The molecule has 1 heterocycles. The Bertz CT molecular complexity index is 727. The molecular formula is C23H28N2. The Balaban J connectivity index is 1.74. The van der Waals surface area contributed by atoms with Gasteiger partial charge in [-0.25, -0.2) is 0 Å². The molecule has 2 aromatic rings. The van der Waals surface area contributed by atoms with Gasteiger partial charge in [-0.1, -0.05) is 66.7 Å². The maximum atomic E-state index is 3.50. The molecule has 0 bridgehead atoms. The van der Waals surface area contributed by atoms with Crippen LogP contribution in [0.4, 0.5) is 0 Å². The van der Waals surface area contributed by atoms with E-state index in [1.165, 1.54) is 24.0 Å². The van der Waals surface area contributed by atoms with E-state index in [4.69, 9.17) is 0 Å². The summed E-state index contributed by atoms with van der Waals surface area (Å²) in [7, 11) is 0. The first kappa shape index (κ1) is 16.6. The average molecular weight is 332 g/mol. The lowest BCUT2D eigenvalue weighted by Gasteiger charge is -2.43. The van der Waals surface area contributed by atoms with Crippen LogP contribution in [0.15, 0.2) is 60.7 Å². The molecule has 2 aliphatic rings. The van der Waals surface area contributed by atoms with E-state index in [0.29, 0.717) is 0 Å². The molecule has 25 heavy (non-hydrogen) atoms. The maximum absolute atomic E-state index is 3.50. The number of hydrogen-bond acceptors (Lipinski definition) is 2. The van der Waals surface area contributed by atoms with Crippen LogP contribution < -0.4 is 5.32 Å². The first-order valence-electron chi connectivity index (χ1n) is 9.57. The van der Waals surface area contributed by atoms with Crippen LogP contribution in [-0.2, 0) is 5.54 Å². The zero-order valence-electron chi connectivity index (χ0n) is 15.1. The van der Waals surface area contributed by atoms with Gasteiger partial charge in [-0.15, -0.1) is 0 Å². The highest BCUT2D eigenvalue weighted by Crippen LogP contribution is 2.45. The summed E-state index contributed by atoms with van der Waals surface area (Å²) in [5, 5.41) is 3.50. The van der Waals surface area contributed by atoms with Gasteiger partial charge in [0.1, 0.15) is 0 Å². The van der Waals surface area contributed by atoms with Crippen LogP contribution in [0.2, 0.25) is 0 Å². The smallest absolute Gasteiger partial charge is 0.0623 e. The topological polar surface area (TPSA) is 15.3 Å². The van der Waals surface area contributed by atoms with Gasteiger partial charge in [0.15, 0.2) is 0 Å². The molecule has 2 heteroatoms. The molecule has 2 fully saturated rings. The summed E-state index contributed by atoms with van der Waals surface area (Å²) in [5.74, 6) is 0.767. The number of rotatable bonds is 5. The lowest BCUT2D eigenvalue weighted by Crippen LogP contribution is -2.52. The molecule has 1 unspecified atom stereocenters. The molecule has 1 aliphatic heterocycles. The van der Waals surface area contributed by atoms with Gasteiger partial charge in [-0.05, 0) is 42.4 Å². The van der Waals surface area contributed by atoms with Crippen LogP contribution in [0.25, 0.3) is 6.08 Å². The van der Waals surface area contributed by atoms with Crippen molar-refractivity contribution in [1.29, 1.82) is 0 Å². The largest absolute Gasteiger partial charge is 0.314 e. The van der Waals surface area contributed by atoms with Crippen molar-refractivity contribution in [3.05, 3.63) is 77.4 Å². The number of piperazine rings is 1. The van der Waals surface area contributed by atoms with Crippen LogP contribution in [0.3, 0.4) is 0 Å². The average Bonchev–Trinajstić information content (AvgIpc) is 3.53. The first-order chi connectivity index (χ1) is 12.3. The third kappa shape index (κ3) is 3.56. The molecule has 130 valence electrons. The van der Waals surface area contributed by atoms with Crippen molar-refractivity contribution < 1.29 is 0 Å². The molecule has 0 spiro atoms. The van der Waals surface area contributed by atoms with Gasteiger partial charge in [-0.2, -0.15) is 0 Å². The molecule has 2 aromatic carbocycles. The molecule has 0 amide bonds.